The van der Waals surface area contributed by atoms with E-state index in [2.05, 4.69) is 10.3 Å². The molecule has 140 valence electrons. The van der Waals surface area contributed by atoms with Crippen molar-refractivity contribution in [3.8, 4) is 10.6 Å². The summed E-state index contributed by atoms with van der Waals surface area (Å²) in [6.45, 7) is 0. The number of hydrogen-bond acceptors (Lipinski definition) is 4. The number of benzene rings is 3. The number of carbonyl (C=O) groups is 1. The predicted octanol–water partition coefficient (Wildman–Crippen LogP) is 5.97. The number of fused-ring (bicyclic) bond motifs is 1. The van der Waals surface area contributed by atoms with Gasteiger partial charge in [0, 0.05) is 10.5 Å². The Balaban J connectivity index is 1.50. The third kappa shape index (κ3) is 4.05. The molecular formula is C21H14F2N2OS2. The number of thioether (sulfide) groups is 1. The van der Waals surface area contributed by atoms with Gasteiger partial charge in [0.2, 0.25) is 5.91 Å². The Hall–Kier alpha value is -2.77. The van der Waals surface area contributed by atoms with E-state index in [9.17, 15) is 13.6 Å². The summed E-state index contributed by atoms with van der Waals surface area (Å²) in [5, 5.41) is 3.71. The zero-order chi connectivity index (χ0) is 19.5. The molecule has 7 heteroatoms. The zero-order valence-corrected chi connectivity index (χ0v) is 16.1. The lowest BCUT2D eigenvalue weighted by molar-refractivity contribution is -0.113. The third-order valence-electron chi connectivity index (χ3n) is 3.99. The monoisotopic (exact) mass is 412 g/mol. The summed E-state index contributed by atoms with van der Waals surface area (Å²) in [4.78, 5) is 17.5. The second-order valence-electron chi connectivity index (χ2n) is 5.95. The first-order valence-electron chi connectivity index (χ1n) is 8.43. The highest BCUT2D eigenvalue weighted by atomic mass is 32.2. The van der Waals surface area contributed by atoms with Crippen molar-refractivity contribution < 1.29 is 13.6 Å². The maximum atomic E-state index is 13.3. The normalized spacial score (nSPS) is 10.9. The maximum Gasteiger partial charge on any atom is 0.234 e. The fraction of sp³-hybridized carbons (Fsp3) is 0.0476. The lowest BCUT2D eigenvalue weighted by Crippen LogP contribution is -2.14. The molecule has 1 amide bonds. The molecule has 28 heavy (non-hydrogen) atoms. The van der Waals surface area contributed by atoms with E-state index in [0.29, 0.717) is 10.6 Å². The molecule has 1 N–H and O–H groups in total. The van der Waals surface area contributed by atoms with E-state index >= 15 is 0 Å². The van der Waals surface area contributed by atoms with E-state index in [0.717, 1.165) is 44.7 Å². The van der Waals surface area contributed by atoms with Crippen LogP contribution in [0.25, 0.3) is 20.8 Å². The number of halogens is 2. The van der Waals surface area contributed by atoms with Gasteiger partial charge in [-0.15, -0.1) is 23.1 Å². The average Bonchev–Trinajstić information content (AvgIpc) is 3.13. The predicted molar refractivity (Wildman–Crippen MR) is 111 cm³/mol. The fourth-order valence-corrected chi connectivity index (χ4v) is 4.39. The molecule has 0 spiro atoms. The number of nitrogens with zero attached hydrogens (tertiary/aromatic N) is 1. The van der Waals surface area contributed by atoms with Crippen LogP contribution < -0.4 is 5.32 Å². The second kappa shape index (κ2) is 8.08. The number of rotatable bonds is 5. The minimum atomic E-state index is -0.924. The quantitative estimate of drug-likeness (QED) is 0.411. The number of nitrogens with one attached hydrogen (secondary N) is 1. The Bertz CT molecular complexity index is 1130. The Morgan fingerprint density at radius 1 is 1.00 bits per heavy atom. The number of anilines is 1. The van der Waals surface area contributed by atoms with Gasteiger partial charge in [-0.1, -0.05) is 24.3 Å². The van der Waals surface area contributed by atoms with Gasteiger partial charge in [-0.3, -0.25) is 4.79 Å². The van der Waals surface area contributed by atoms with Crippen LogP contribution in [0.15, 0.2) is 71.6 Å². The van der Waals surface area contributed by atoms with E-state index in [-0.39, 0.29) is 11.7 Å². The summed E-state index contributed by atoms with van der Waals surface area (Å²) in [7, 11) is 0. The summed E-state index contributed by atoms with van der Waals surface area (Å²) >= 11 is 2.70. The van der Waals surface area contributed by atoms with Crippen LogP contribution in [0.4, 0.5) is 14.5 Å². The SMILES string of the molecule is O=C(CSc1ccc(F)c(F)c1)Nc1ccccc1-c1nc2ccccc2s1. The first kappa shape index (κ1) is 18.6. The summed E-state index contributed by atoms with van der Waals surface area (Å²) in [6.07, 6.45) is 0. The highest BCUT2D eigenvalue weighted by Gasteiger charge is 2.13. The van der Waals surface area contributed by atoms with Crippen LogP contribution >= 0.6 is 23.1 Å². The van der Waals surface area contributed by atoms with E-state index in [1.807, 2.05) is 48.5 Å². The van der Waals surface area contributed by atoms with Crippen LogP contribution in [0.3, 0.4) is 0 Å². The number of carbonyl (C=O) groups excluding carboxylic acids is 1. The van der Waals surface area contributed by atoms with Gasteiger partial charge in [-0.2, -0.15) is 0 Å². The summed E-state index contributed by atoms with van der Waals surface area (Å²) in [6, 6.07) is 18.9. The smallest absolute Gasteiger partial charge is 0.234 e. The zero-order valence-electron chi connectivity index (χ0n) is 14.5. The van der Waals surface area contributed by atoms with Gasteiger partial charge in [0.05, 0.1) is 21.7 Å². The van der Waals surface area contributed by atoms with Gasteiger partial charge in [0.15, 0.2) is 11.6 Å². The second-order valence-corrected chi connectivity index (χ2v) is 8.02. The standard InChI is InChI=1S/C21H14F2N2OS2/c22-15-10-9-13(11-16(15)23)27-12-20(26)24-17-6-2-1-5-14(17)21-25-18-7-3-4-8-19(18)28-21/h1-11H,12H2,(H,24,26). The van der Waals surface area contributed by atoms with E-state index in [4.69, 9.17) is 0 Å². The molecule has 3 aromatic carbocycles. The average molecular weight is 412 g/mol. The fourth-order valence-electron chi connectivity index (χ4n) is 2.67. The maximum absolute atomic E-state index is 13.3. The Morgan fingerprint density at radius 3 is 2.61 bits per heavy atom. The first-order valence-corrected chi connectivity index (χ1v) is 10.2. The molecule has 4 rings (SSSR count). The molecule has 3 nitrogen and oxygen atoms in total. The molecule has 0 aliphatic heterocycles. The van der Waals surface area contributed by atoms with Crippen LogP contribution in [-0.2, 0) is 4.79 Å². The Kier molecular flexibility index (Phi) is 5.36. The van der Waals surface area contributed by atoms with Crippen LogP contribution in [0.5, 0.6) is 0 Å². The van der Waals surface area contributed by atoms with Crippen LogP contribution in [0.1, 0.15) is 0 Å². The topological polar surface area (TPSA) is 42.0 Å². The lowest BCUT2D eigenvalue weighted by atomic mass is 10.2. The third-order valence-corrected chi connectivity index (χ3v) is 6.05. The van der Waals surface area contributed by atoms with Crippen LogP contribution in [0, 0.1) is 11.6 Å². The molecule has 0 radical (unpaired) electrons. The molecule has 0 fully saturated rings. The Morgan fingerprint density at radius 2 is 1.79 bits per heavy atom. The summed E-state index contributed by atoms with van der Waals surface area (Å²) in [5.74, 6) is -1.98. The molecule has 4 aromatic rings. The number of para-hydroxylation sites is 2. The molecule has 0 bridgehead atoms. The number of hydrogen-bond donors (Lipinski definition) is 1. The van der Waals surface area contributed by atoms with Gasteiger partial charge in [0.1, 0.15) is 5.01 Å². The van der Waals surface area contributed by atoms with E-state index in [1.54, 1.807) is 11.3 Å². The highest BCUT2D eigenvalue weighted by molar-refractivity contribution is 8.00. The van der Waals surface area contributed by atoms with Crippen molar-refractivity contribution in [1.82, 2.24) is 4.98 Å². The minimum Gasteiger partial charge on any atom is -0.325 e. The van der Waals surface area contributed by atoms with E-state index in [1.165, 1.54) is 6.07 Å². The molecule has 0 aliphatic rings. The number of amides is 1. The highest BCUT2D eigenvalue weighted by Crippen LogP contribution is 2.34. The molecule has 0 atom stereocenters. The van der Waals surface area contributed by atoms with Crippen molar-refractivity contribution in [1.29, 1.82) is 0 Å². The van der Waals surface area contributed by atoms with Crippen molar-refractivity contribution in [2.45, 2.75) is 4.90 Å². The largest absolute Gasteiger partial charge is 0.325 e. The first-order chi connectivity index (χ1) is 13.6. The van der Waals surface area contributed by atoms with Crippen molar-refractivity contribution in [3.05, 3.63) is 78.4 Å². The molecule has 1 aromatic heterocycles. The van der Waals surface area contributed by atoms with Gasteiger partial charge in [0.25, 0.3) is 0 Å². The van der Waals surface area contributed by atoms with Gasteiger partial charge < -0.3 is 5.32 Å². The lowest BCUT2D eigenvalue weighted by Gasteiger charge is -2.09. The van der Waals surface area contributed by atoms with Crippen molar-refractivity contribution in [3.63, 3.8) is 0 Å². The van der Waals surface area contributed by atoms with E-state index < -0.39 is 11.6 Å². The molecule has 0 unspecified atom stereocenters. The van der Waals surface area contributed by atoms with Gasteiger partial charge >= 0.3 is 0 Å². The van der Waals surface area contributed by atoms with Crippen LogP contribution in [-0.4, -0.2) is 16.6 Å². The summed E-state index contributed by atoms with van der Waals surface area (Å²) in [5.41, 5.74) is 2.42. The van der Waals surface area contributed by atoms with Crippen molar-refractivity contribution in [2.75, 3.05) is 11.1 Å². The van der Waals surface area contributed by atoms with Crippen molar-refractivity contribution >= 4 is 44.9 Å². The van der Waals surface area contributed by atoms with Gasteiger partial charge in [-0.05, 0) is 42.5 Å². The van der Waals surface area contributed by atoms with Crippen LogP contribution in [0.2, 0.25) is 0 Å². The summed E-state index contributed by atoms with van der Waals surface area (Å²) < 4.78 is 27.4. The Labute approximate surface area is 168 Å². The molecule has 0 saturated carbocycles. The van der Waals surface area contributed by atoms with Gasteiger partial charge in [-0.25, -0.2) is 13.8 Å². The molecule has 0 saturated heterocycles. The molecular weight excluding hydrogens is 398 g/mol. The number of thiazole rings is 1. The molecule has 1 heterocycles. The van der Waals surface area contributed by atoms with Crippen molar-refractivity contribution in [2.24, 2.45) is 0 Å². The number of aromatic nitrogens is 1. The molecule has 0 aliphatic carbocycles. The minimum absolute atomic E-state index is 0.0826.